The fourth-order valence-electron chi connectivity index (χ4n) is 1.65. The van der Waals surface area contributed by atoms with Gasteiger partial charge in [-0.2, -0.15) is 0 Å². The Kier molecular flexibility index (Phi) is 11.0. The summed E-state index contributed by atoms with van der Waals surface area (Å²) >= 11 is 0. The average molecular weight is 366 g/mol. The van der Waals surface area contributed by atoms with Crippen LogP contribution in [0.2, 0.25) is 0 Å². The van der Waals surface area contributed by atoms with Crippen LogP contribution in [0.5, 0.6) is 0 Å². The monoisotopic (exact) mass is 366 g/mol. The summed E-state index contributed by atoms with van der Waals surface area (Å²) in [7, 11) is 0. The van der Waals surface area contributed by atoms with Gasteiger partial charge in [0, 0.05) is 5.41 Å². The van der Waals surface area contributed by atoms with Crippen molar-refractivity contribution in [2.75, 3.05) is 0 Å². The summed E-state index contributed by atoms with van der Waals surface area (Å²) in [5.41, 5.74) is -1.88. The maximum absolute atomic E-state index is 10.9. The van der Waals surface area contributed by atoms with Crippen LogP contribution in [0.3, 0.4) is 0 Å². The van der Waals surface area contributed by atoms with Crippen LogP contribution >= 0.6 is 0 Å². The van der Waals surface area contributed by atoms with E-state index in [-0.39, 0.29) is 48.9 Å². The second kappa shape index (κ2) is 9.44. The molecule has 0 radical (unpaired) electrons. The molecule has 0 rings (SSSR count). The Bertz CT molecular complexity index is 239. The topological polar surface area (TPSA) is 80.3 Å². The normalized spacial score (nSPS) is 12.6. The fraction of sp³-hybridized carbons (Fsp3) is 0.833. The molecule has 94 valence electrons. The Balaban J connectivity index is 0. The molecule has 0 heterocycles. The van der Waals surface area contributed by atoms with E-state index in [2.05, 4.69) is 6.92 Å². The number of unbranched alkanes of at least 4 members (excludes halogenated alkanes) is 3. The first-order valence-corrected chi connectivity index (χ1v) is 5.80. The van der Waals surface area contributed by atoms with Gasteiger partial charge in [0.05, 0.1) is 11.9 Å². The van der Waals surface area contributed by atoms with Gasteiger partial charge in [0.25, 0.3) is 0 Å². The van der Waals surface area contributed by atoms with Gasteiger partial charge in [-0.05, 0) is 19.3 Å². The summed E-state index contributed by atoms with van der Waals surface area (Å²) in [5.74, 6) is -3.59. The molecular formula is C12H20BaO4. The number of carbonyl (C=O) groups is 2. The Morgan fingerprint density at radius 3 is 1.94 bits per heavy atom. The quantitative estimate of drug-likeness (QED) is 0.337. The predicted molar refractivity (Wildman–Crippen MR) is 61.8 cm³/mol. The molecule has 17 heavy (non-hydrogen) atoms. The molecule has 0 fully saturated rings. The minimum Gasteiger partial charge on any atom is -0.549 e. The van der Waals surface area contributed by atoms with Crippen LogP contribution in [-0.2, 0) is 9.59 Å². The second-order valence-corrected chi connectivity index (χ2v) is 4.53. The molecule has 0 bridgehead atoms. The molecule has 1 atom stereocenters. The predicted octanol–water partition coefficient (Wildman–Crippen LogP) is -0.282. The van der Waals surface area contributed by atoms with Crippen molar-refractivity contribution >= 4 is 60.8 Å². The van der Waals surface area contributed by atoms with E-state index in [1.165, 1.54) is 6.92 Å². The zero-order valence-corrected chi connectivity index (χ0v) is 15.4. The van der Waals surface area contributed by atoms with Crippen molar-refractivity contribution in [1.29, 1.82) is 0 Å². The van der Waals surface area contributed by atoms with E-state index in [4.69, 9.17) is 0 Å². The van der Waals surface area contributed by atoms with Gasteiger partial charge < -0.3 is 19.8 Å². The third-order valence-corrected chi connectivity index (χ3v) is 3.32. The first kappa shape index (κ1) is 19.8. The van der Waals surface area contributed by atoms with Crippen LogP contribution in [0.1, 0.15) is 52.9 Å². The van der Waals surface area contributed by atoms with E-state index in [1.807, 2.05) is 0 Å². The molecule has 0 spiro atoms. The summed E-state index contributed by atoms with van der Waals surface area (Å²) in [5, 5.41) is 21.7. The maximum atomic E-state index is 10.9. The van der Waals surface area contributed by atoms with E-state index in [1.54, 1.807) is 6.92 Å². The van der Waals surface area contributed by atoms with Crippen LogP contribution in [-0.4, -0.2) is 60.8 Å². The number of carboxylic acids is 2. The van der Waals surface area contributed by atoms with Gasteiger partial charge in [-0.3, -0.25) is 0 Å². The van der Waals surface area contributed by atoms with Gasteiger partial charge in [-0.1, -0.05) is 39.5 Å². The Morgan fingerprint density at radius 2 is 1.59 bits per heavy atom. The van der Waals surface area contributed by atoms with Crippen LogP contribution in [0.25, 0.3) is 0 Å². The molecular weight excluding hydrogens is 345 g/mol. The summed E-state index contributed by atoms with van der Waals surface area (Å²) in [4.78, 5) is 21.7. The molecule has 0 N–H and O–H groups in total. The fourth-order valence-corrected chi connectivity index (χ4v) is 1.65. The Hall–Kier alpha value is 0.511. The number of hydrogen-bond acceptors (Lipinski definition) is 4. The van der Waals surface area contributed by atoms with Crippen molar-refractivity contribution in [3.05, 3.63) is 0 Å². The molecule has 0 aromatic heterocycles. The van der Waals surface area contributed by atoms with Gasteiger partial charge in [0.15, 0.2) is 0 Å². The number of carboxylic acid groups (broad SMARTS) is 2. The van der Waals surface area contributed by atoms with Gasteiger partial charge in [0.1, 0.15) is 0 Å². The summed E-state index contributed by atoms with van der Waals surface area (Å²) in [6, 6.07) is 0. The van der Waals surface area contributed by atoms with E-state index in [0.29, 0.717) is 6.42 Å². The number of aliphatic carboxylic acids is 2. The largest absolute Gasteiger partial charge is 2.00 e. The Morgan fingerprint density at radius 1 is 1.12 bits per heavy atom. The standard InChI is InChI=1S/C12H22O4.Ba/c1-4-5-6-7-8-9(2)12(3,10(13)14)11(15)16;/h9H,4-8H2,1-3H3,(H,13,14)(H,15,16);/q;+2/p-2. The molecule has 0 aromatic carbocycles. The zero-order chi connectivity index (χ0) is 12.8. The number of hydrogen-bond donors (Lipinski definition) is 0. The van der Waals surface area contributed by atoms with Crippen molar-refractivity contribution in [2.45, 2.75) is 52.9 Å². The van der Waals surface area contributed by atoms with Crippen LogP contribution in [0, 0.1) is 11.3 Å². The van der Waals surface area contributed by atoms with E-state index < -0.39 is 23.3 Å². The minimum atomic E-state index is -1.88. The molecule has 5 heteroatoms. The molecule has 1 unspecified atom stereocenters. The van der Waals surface area contributed by atoms with Crippen LogP contribution < -0.4 is 10.2 Å². The van der Waals surface area contributed by atoms with E-state index >= 15 is 0 Å². The van der Waals surface area contributed by atoms with Crippen molar-refractivity contribution in [3.8, 4) is 0 Å². The van der Waals surface area contributed by atoms with Crippen LogP contribution in [0.15, 0.2) is 0 Å². The van der Waals surface area contributed by atoms with Crippen molar-refractivity contribution in [3.63, 3.8) is 0 Å². The van der Waals surface area contributed by atoms with Crippen molar-refractivity contribution in [2.24, 2.45) is 11.3 Å². The molecule has 0 saturated heterocycles. The number of rotatable bonds is 8. The van der Waals surface area contributed by atoms with Crippen LogP contribution in [0.4, 0.5) is 0 Å². The molecule has 0 saturated carbocycles. The molecule has 0 amide bonds. The minimum absolute atomic E-state index is 0. The molecule has 0 aliphatic carbocycles. The zero-order valence-electron chi connectivity index (χ0n) is 11.0. The first-order valence-electron chi connectivity index (χ1n) is 5.80. The third kappa shape index (κ3) is 5.79. The summed E-state index contributed by atoms with van der Waals surface area (Å²) in [6.45, 7) is 4.87. The third-order valence-electron chi connectivity index (χ3n) is 3.32. The van der Waals surface area contributed by atoms with Crippen molar-refractivity contribution < 1.29 is 19.8 Å². The van der Waals surface area contributed by atoms with Gasteiger partial charge in [0.2, 0.25) is 0 Å². The van der Waals surface area contributed by atoms with Gasteiger partial charge >= 0.3 is 48.9 Å². The molecule has 0 aliphatic rings. The SMILES string of the molecule is CCCCCCC(C)C(C)(C(=O)[O-])C(=O)[O-].[Ba+2]. The Labute approximate surface area is 143 Å². The van der Waals surface area contributed by atoms with E-state index in [0.717, 1.165) is 25.7 Å². The maximum Gasteiger partial charge on any atom is 2.00 e. The first-order chi connectivity index (χ1) is 7.37. The van der Waals surface area contributed by atoms with E-state index in [9.17, 15) is 19.8 Å². The molecule has 4 nitrogen and oxygen atoms in total. The van der Waals surface area contributed by atoms with Crippen molar-refractivity contribution in [1.82, 2.24) is 0 Å². The summed E-state index contributed by atoms with van der Waals surface area (Å²) in [6.07, 6.45) is 4.58. The van der Waals surface area contributed by atoms with Gasteiger partial charge in [-0.25, -0.2) is 0 Å². The summed E-state index contributed by atoms with van der Waals surface area (Å²) < 4.78 is 0. The molecule has 0 aliphatic heterocycles. The molecule has 0 aromatic rings. The number of carbonyl (C=O) groups excluding carboxylic acids is 2. The van der Waals surface area contributed by atoms with Gasteiger partial charge in [-0.15, -0.1) is 0 Å². The smallest absolute Gasteiger partial charge is 0.549 e. The average Bonchev–Trinajstić information content (AvgIpc) is 2.22. The second-order valence-electron chi connectivity index (χ2n) is 4.53.